The van der Waals surface area contributed by atoms with Crippen molar-refractivity contribution in [3.05, 3.63) is 84.4 Å². The van der Waals surface area contributed by atoms with E-state index in [1.165, 1.54) is 5.06 Å². The van der Waals surface area contributed by atoms with Gasteiger partial charge in [-0.05, 0) is 17.0 Å². The Labute approximate surface area is 138 Å². The lowest BCUT2D eigenvalue weighted by atomic mass is 10.0. The summed E-state index contributed by atoms with van der Waals surface area (Å²) in [5.74, 6) is 0.125. The summed E-state index contributed by atoms with van der Waals surface area (Å²) in [5, 5.41) is 11.8. The van der Waals surface area contributed by atoms with Gasteiger partial charge in [-0.1, -0.05) is 73.7 Å². The highest BCUT2D eigenvalue weighted by Crippen LogP contribution is 2.15. The Morgan fingerprint density at radius 3 is 2.17 bits per heavy atom. The molecule has 0 spiro atoms. The summed E-state index contributed by atoms with van der Waals surface area (Å²) in [4.78, 5) is 0. The molecular weight excluding hydrogens is 286 g/mol. The Morgan fingerprint density at radius 2 is 1.61 bits per heavy atom. The third kappa shape index (κ3) is 5.64. The zero-order valence-corrected chi connectivity index (χ0v) is 13.6. The van der Waals surface area contributed by atoms with Crippen LogP contribution in [-0.2, 0) is 17.9 Å². The molecule has 0 amide bonds. The number of hydrogen-bond donors (Lipinski definition) is 1. The Balaban J connectivity index is 1.92. The fraction of sp³-hybridized carbons (Fsp3) is 0.300. The van der Waals surface area contributed by atoms with Crippen molar-refractivity contribution in [1.29, 1.82) is 0 Å². The Bertz CT molecular complexity index is 571. The summed E-state index contributed by atoms with van der Waals surface area (Å²) in [6.07, 6.45) is 1.85. The molecule has 0 aliphatic heterocycles. The van der Waals surface area contributed by atoms with E-state index in [9.17, 15) is 5.21 Å². The molecule has 0 saturated carbocycles. The van der Waals surface area contributed by atoms with Gasteiger partial charge >= 0.3 is 0 Å². The largest absolute Gasteiger partial charge is 0.375 e. The van der Waals surface area contributed by atoms with Crippen LogP contribution >= 0.6 is 0 Å². The molecule has 0 radical (unpaired) electrons. The third-order valence-corrected chi connectivity index (χ3v) is 3.95. The quantitative estimate of drug-likeness (QED) is 0.554. The van der Waals surface area contributed by atoms with Crippen LogP contribution in [0, 0.1) is 5.92 Å². The van der Waals surface area contributed by atoms with Crippen molar-refractivity contribution < 1.29 is 9.94 Å². The van der Waals surface area contributed by atoms with Gasteiger partial charge in [0.15, 0.2) is 0 Å². The van der Waals surface area contributed by atoms with E-state index < -0.39 is 0 Å². The zero-order valence-electron chi connectivity index (χ0n) is 13.6. The van der Waals surface area contributed by atoms with Crippen molar-refractivity contribution >= 4 is 0 Å². The van der Waals surface area contributed by atoms with Crippen LogP contribution in [0.1, 0.15) is 18.1 Å². The summed E-state index contributed by atoms with van der Waals surface area (Å²) in [6.45, 7) is 7.35. The summed E-state index contributed by atoms with van der Waals surface area (Å²) in [6, 6.07) is 19.8. The molecule has 2 aromatic rings. The van der Waals surface area contributed by atoms with Gasteiger partial charge in [0.25, 0.3) is 0 Å². The van der Waals surface area contributed by atoms with E-state index in [4.69, 9.17) is 4.74 Å². The van der Waals surface area contributed by atoms with Crippen LogP contribution in [0.5, 0.6) is 0 Å². The molecule has 0 fully saturated rings. The molecule has 2 atom stereocenters. The van der Waals surface area contributed by atoms with Crippen LogP contribution in [0.15, 0.2) is 73.3 Å². The molecule has 2 rings (SSSR count). The molecule has 3 heteroatoms. The van der Waals surface area contributed by atoms with E-state index in [1.54, 1.807) is 0 Å². The SMILES string of the molecule is C=C[C@@H](C)[C@@H](COCc1ccccc1)N(O)Cc1ccccc1. The van der Waals surface area contributed by atoms with Crippen molar-refractivity contribution in [3.63, 3.8) is 0 Å². The highest BCUT2D eigenvalue weighted by atomic mass is 16.5. The van der Waals surface area contributed by atoms with Gasteiger partial charge in [-0.3, -0.25) is 0 Å². The van der Waals surface area contributed by atoms with Gasteiger partial charge in [0, 0.05) is 6.54 Å². The second-order valence-electron chi connectivity index (χ2n) is 5.75. The van der Waals surface area contributed by atoms with Gasteiger partial charge in [-0.25, -0.2) is 0 Å². The number of benzene rings is 2. The lowest BCUT2D eigenvalue weighted by Gasteiger charge is -2.29. The first-order valence-corrected chi connectivity index (χ1v) is 7.94. The summed E-state index contributed by atoms with van der Waals surface area (Å²) >= 11 is 0. The lowest BCUT2D eigenvalue weighted by Crippen LogP contribution is -2.40. The van der Waals surface area contributed by atoms with Crippen molar-refractivity contribution in [1.82, 2.24) is 5.06 Å². The predicted octanol–water partition coefficient (Wildman–Crippen LogP) is 4.29. The Kier molecular flexibility index (Phi) is 7.01. The summed E-state index contributed by atoms with van der Waals surface area (Å²) in [7, 11) is 0. The van der Waals surface area contributed by atoms with Gasteiger partial charge < -0.3 is 9.94 Å². The van der Waals surface area contributed by atoms with E-state index >= 15 is 0 Å². The highest BCUT2D eigenvalue weighted by Gasteiger charge is 2.22. The number of hydroxylamine groups is 2. The van der Waals surface area contributed by atoms with Crippen molar-refractivity contribution in [2.24, 2.45) is 5.92 Å². The third-order valence-electron chi connectivity index (χ3n) is 3.95. The molecule has 23 heavy (non-hydrogen) atoms. The summed E-state index contributed by atoms with van der Waals surface area (Å²) < 4.78 is 5.81. The van der Waals surface area contributed by atoms with Gasteiger partial charge in [0.05, 0.1) is 19.3 Å². The first-order valence-electron chi connectivity index (χ1n) is 7.94. The van der Waals surface area contributed by atoms with Crippen molar-refractivity contribution in [2.45, 2.75) is 26.1 Å². The fourth-order valence-corrected chi connectivity index (χ4v) is 2.43. The van der Waals surface area contributed by atoms with Crippen molar-refractivity contribution in [2.75, 3.05) is 6.61 Å². The molecule has 0 aliphatic rings. The molecule has 3 nitrogen and oxygen atoms in total. The molecule has 1 N–H and O–H groups in total. The molecule has 2 aromatic carbocycles. The van der Waals surface area contributed by atoms with Crippen LogP contribution < -0.4 is 0 Å². The first-order chi connectivity index (χ1) is 11.2. The van der Waals surface area contributed by atoms with E-state index in [1.807, 2.05) is 73.7 Å². The Hall–Kier alpha value is -1.94. The minimum Gasteiger partial charge on any atom is -0.375 e. The topological polar surface area (TPSA) is 32.7 Å². The van der Waals surface area contributed by atoms with Crippen molar-refractivity contribution in [3.8, 4) is 0 Å². The lowest BCUT2D eigenvalue weighted by molar-refractivity contribution is -0.161. The van der Waals surface area contributed by atoms with E-state index in [-0.39, 0.29) is 12.0 Å². The smallest absolute Gasteiger partial charge is 0.0717 e. The molecule has 0 saturated heterocycles. The molecule has 122 valence electrons. The van der Waals surface area contributed by atoms with Crippen LogP contribution in [0.25, 0.3) is 0 Å². The van der Waals surface area contributed by atoms with Gasteiger partial charge in [-0.2, -0.15) is 5.06 Å². The van der Waals surface area contributed by atoms with Gasteiger partial charge in [-0.15, -0.1) is 6.58 Å². The van der Waals surface area contributed by atoms with E-state index in [0.29, 0.717) is 19.8 Å². The number of nitrogens with zero attached hydrogens (tertiary/aromatic N) is 1. The molecular formula is C20H25NO2. The average molecular weight is 311 g/mol. The second kappa shape index (κ2) is 9.26. The average Bonchev–Trinajstić information content (AvgIpc) is 2.60. The molecule has 0 unspecified atom stereocenters. The number of ether oxygens (including phenoxy) is 1. The predicted molar refractivity (Wildman–Crippen MR) is 93.0 cm³/mol. The summed E-state index contributed by atoms with van der Waals surface area (Å²) in [5.41, 5.74) is 2.20. The fourth-order valence-electron chi connectivity index (χ4n) is 2.43. The van der Waals surface area contributed by atoms with Crippen LogP contribution in [0.4, 0.5) is 0 Å². The maximum absolute atomic E-state index is 10.5. The molecule has 0 bridgehead atoms. The van der Waals surface area contributed by atoms with Crippen LogP contribution in [-0.4, -0.2) is 22.9 Å². The van der Waals surface area contributed by atoms with Gasteiger partial charge in [0.1, 0.15) is 0 Å². The minimum atomic E-state index is -0.128. The van der Waals surface area contributed by atoms with Crippen LogP contribution in [0.3, 0.4) is 0 Å². The molecule has 0 heterocycles. The minimum absolute atomic E-state index is 0.125. The zero-order chi connectivity index (χ0) is 16.5. The second-order valence-corrected chi connectivity index (χ2v) is 5.75. The Morgan fingerprint density at radius 1 is 1.04 bits per heavy atom. The van der Waals surface area contributed by atoms with Crippen LogP contribution in [0.2, 0.25) is 0 Å². The first kappa shape index (κ1) is 17.4. The highest BCUT2D eigenvalue weighted by molar-refractivity contribution is 5.15. The standard InChI is InChI=1S/C20H25NO2/c1-3-17(2)20(16-23-15-19-12-8-5-9-13-19)21(22)14-18-10-6-4-7-11-18/h3-13,17,20,22H,1,14-16H2,2H3/t17-,20-/m1/s1. The number of hydrogen-bond acceptors (Lipinski definition) is 3. The number of rotatable bonds is 9. The maximum atomic E-state index is 10.5. The maximum Gasteiger partial charge on any atom is 0.0717 e. The van der Waals surface area contributed by atoms with Gasteiger partial charge in [0.2, 0.25) is 0 Å². The monoisotopic (exact) mass is 311 g/mol. The normalized spacial score (nSPS) is 13.7. The van der Waals surface area contributed by atoms with E-state index in [0.717, 1.165) is 11.1 Å². The van der Waals surface area contributed by atoms with E-state index in [2.05, 4.69) is 6.58 Å². The molecule has 0 aromatic heterocycles. The molecule has 0 aliphatic carbocycles.